The van der Waals surface area contributed by atoms with Gasteiger partial charge in [0, 0.05) is 10.6 Å². The summed E-state index contributed by atoms with van der Waals surface area (Å²) < 4.78 is 13.3. The normalized spacial score (nSPS) is 11.9. The van der Waals surface area contributed by atoms with Crippen LogP contribution in [0.5, 0.6) is 0 Å². The highest BCUT2D eigenvalue weighted by Gasteiger charge is 2.12. The molecule has 2 rings (SSSR count). The third-order valence-electron chi connectivity index (χ3n) is 2.98. The molecule has 0 heterocycles. The number of nitrogen functional groups attached to an aromatic ring is 1. The second kappa shape index (κ2) is 5.92. The van der Waals surface area contributed by atoms with Crippen molar-refractivity contribution in [2.45, 2.75) is 13.0 Å². The van der Waals surface area contributed by atoms with Crippen molar-refractivity contribution < 1.29 is 9.18 Å². The fraction of sp³-hybridized carbons (Fsp3) is 0.133. The van der Waals surface area contributed by atoms with Crippen LogP contribution in [0.15, 0.2) is 42.5 Å². The van der Waals surface area contributed by atoms with E-state index in [-0.39, 0.29) is 23.2 Å². The van der Waals surface area contributed by atoms with Crippen LogP contribution in [-0.4, -0.2) is 5.91 Å². The molecule has 2 aromatic carbocycles. The van der Waals surface area contributed by atoms with Crippen LogP contribution in [0, 0.1) is 5.82 Å². The number of halogens is 2. The Bertz CT molecular complexity index is 628. The van der Waals surface area contributed by atoms with Gasteiger partial charge in [-0.15, -0.1) is 0 Å². The lowest BCUT2D eigenvalue weighted by molar-refractivity contribution is 0.0939. The van der Waals surface area contributed by atoms with Crippen molar-refractivity contribution in [1.82, 2.24) is 5.32 Å². The number of hydrogen-bond acceptors (Lipinski definition) is 2. The van der Waals surface area contributed by atoms with E-state index in [2.05, 4.69) is 5.32 Å². The molecule has 0 saturated heterocycles. The number of amides is 1. The molecule has 0 saturated carbocycles. The summed E-state index contributed by atoms with van der Waals surface area (Å²) in [5, 5.41) is 3.42. The Labute approximate surface area is 121 Å². The SMILES string of the molecule is C[C@H](NC(=O)c1ccc(N)c(F)c1)c1ccc(Cl)cc1. The number of nitrogens with two attached hydrogens (primary N) is 1. The van der Waals surface area contributed by atoms with Crippen LogP contribution in [0.2, 0.25) is 5.02 Å². The van der Waals surface area contributed by atoms with E-state index in [4.69, 9.17) is 17.3 Å². The Hall–Kier alpha value is -2.07. The van der Waals surface area contributed by atoms with Gasteiger partial charge in [-0.05, 0) is 42.8 Å². The third-order valence-corrected chi connectivity index (χ3v) is 3.23. The fourth-order valence-corrected chi connectivity index (χ4v) is 1.91. The van der Waals surface area contributed by atoms with E-state index in [1.165, 1.54) is 12.1 Å². The topological polar surface area (TPSA) is 55.1 Å². The molecule has 0 aliphatic heterocycles. The van der Waals surface area contributed by atoms with Crippen molar-refractivity contribution in [3.05, 3.63) is 64.4 Å². The van der Waals surface area contributed by atoms with Gasteiger partial charge in [0.15, 0.2) is 0 Å². The number of anilines is 1. The molecular formula is C15H14ClFN2O. The van der Waals surface area contributed by atoms with Crippen molar-refractivity contribution in [2.24, 2.45) is 0 Å². The molecule has 3 nitrogen and oxygen atoms in total. The van der Waals surface area contributed by atoms with Gasteiger partial charge in [-0.25, -0.2) is 4.39 Å². The average Bonchev–Trinajstić information content (AvgIpc) is 2.42. The summed E-state index contributed by atoms with van der Waals surface area (Å²) >= 11 is 5.81. The number of benzene rings is 2. The highest BCUT2D eigenvalue weighted by Crippen LogP contribution is 2.17. The van der Waals surface area contributed by atoms with E-state index in [0.717, 1.165) is 11.6 Å². The van der Waals surface area contributed by atoms with E-state index in [0.29, 0.717) is 5.02 Å². The standard InChI is InChI=1S/C15H14ClFN2O/c1-9(10-2-5-12(16)6-3-10)19-15(20)11-4-7-14(18)13(17)8-11/h2-9H,18H2,1H3,(H,19,20)/t9-/m0/s1. The third kappa shape index (κ3) is 3.27. The Kier molecular flexibility index (Phi) is 4.25. The summed E-state index contributed by atoms with van der Waals surface area (Å²) in [7, 11) is 0. The summed E-state index contributed by atoms with van der Waals surface area (Å²) in [5.74, 6) is -0.955. The molecule has 3 N–H and O–H groups in total. The van der Waals surface area contributed by atoms with Gasteiger partial charge >= 0.3 is 0 Å². The van der Waals surface area contributed by atoms with Crippen LogP contribution in [0.4, 0.5) is 10.1 Å². The summed E-state index contributed by atoms with van der Waals surface area (Å²) in [6.45, 7) is 1.84. The van der Waals surface area contributed by atoms with Crippen molar-refractivity contribution in [1.29, 1.82) is 0 Å². The zero-order valence-electron chi connectivity index (χ0n) is 10.9. The number of nitrogens with one attached hydrogen (secondary N) is 1. The lowest BCUT2D eigenvalue weighted by atomic mass is 10.1. The summed E-state index contributed by atoms with van der Waals surface area (Å²) in [6, 6.07) is 10.9. The van der Waals surface area contributed by atoms with Crippen LogP contribution < -0.4 is 11.1 Å². The molecule has 0 spiro atoms. The van der Waals surface area contributed by atoms with Gasteiger partial charge in [0.25, 0.3) is 5.91 Å². The van der Waals surface area contributed by atoms with E-state index in [1.54, 1.807) is 12.1 Å². The zero-order chi connectivity index (χ0) is 14.7. The number of carbonyl (C=O) groups excluding carboxylic acids is 1. The van der Waals surface area contributed by atoms with Crippen molar-refractivity contribution >= 4 is 23.2 Å². The van der Waals surface area contributed by atoms with Gasteiger partial charge in [0.1, 0.15) is 5.82 Å². The molecular weight excluding hydrogens is 279 g/mol. The molecule has 1 amide bonds. The molecule has 5 heteroatoms. The maximum absolute atomic E-state index is 13.3. The second-order valence-electron chi connectivity index (χ2n) is 4.48. The molecule has 2 aromatic rings. The van der Waals surface area contributed by atoms with E-state index >= 15 is 0 Å². The van der Waals surface area contributed by atoms with Crippen molar-refractivity contribution in [3.8, 4) is 0 Å². The first-order valence-corrected chi connectivity index (χ1v) is 6.46. The molecule has 104 valence electrons. The van der Waals surface area contributed by atoms with Gasteiger partial charge in [0.05, 0.1) is 11.7 Å². The summed E-state index contributed by atoms with van der Waals surface area (Å²) in [6.07, 6.45) is 0. The largest absolute Gasteiger partial charge is 0.396 e. The highest BCUT2D eigenvalue weighted by molar-refractivity contribution is 6.30. The van der Waals surface area contributed by atoms with Crippen LogP contribution in [0.1, 0.15) is 28.9 Å². The molecule has 0 aliphatic carbocycles. The summed E-state index contributed by atoms with van der Waals surface area (Å²) in [4.78, 5) is 12.0. The Morgan fingerprint density at radius 3 is 2.50 bits per heavy atom. The maximum atomic E-state index is 13.3. The van der Waals surface area contributed by atoms with Gasteiger partial charge in [-0.2, -0.15) is 0 Å². The smallest absolute Gasteiger partial charge is 0.251 e. The number of rotatable bonds is 3. The Morgan fingerprint density at radius 2 is 1.90 bits per heavy atom. The molecule has 0 aliphatic rings. The highest BCUT2D eigenvalue weighted by atomic mass is 35.5. The average molecular weight is 293 g/mol. The predicted octanol–water partition coefficient (Wildman–Crippen LogP) is 3.55. The molecule has 0 aromatic heterocycles. The molecule has 0 fully saturated rings. The second-order valence-corrected chi connectivity index (χ2v) is 4.92. The lowest BCUT2D eigenvalue weighted by Gasteiger charge is -2.14. The van der Waals surface area contributed by atoms with Crippen LogP contribution in [0.3, 0.4) is 0 Å². The van der Waals surface area contributed by atoms with E-state index in [1.807, 2.05) is 19.1 Å². The van der Waals surface area contributed by atoms with Crippen molar-refractivity contribution in [2.75, 3.05) is 5.73 Å². The predicted molar refractivity (Wildman–Crippen MR) is 78.1 cm³/mol. The Balaban J connectivity index is 2.10. The Morgan fingerprint density at radius 1 is 1.25 bits per heavy atom. The first kappa shape index (κ1) is 14.3. The lowest BCUT2D eigenvalue weighted by Crippen LogP contribution is -2.26. The van der Waals surface area contributed by atoms with Gasteiger partial charge < -0.3 is 11.1 Å². The monoisotopic (exact) mass is 292 g/mol. The van der Waals surface area contributed by atoms with Crippen molar-refractivity contribution in [3.63, 3.8) is 0 Å². The maximum Gasteiger partial charge on any atom is 0.251 e. The van der Waals surface area contributed by atoms with Crippen LogP contribution in [0.25, 0.3) is 0 Å². The molecule has 0 unspecified atom stereocenters. The van der Waals surface area contributed by atoms with Gasteiger partial charge in [-0.1, -0.05) is 23.7 Å². The number of hydrogen-bond donors (Lipinski definition) is 2. The van der Waals surface area contributed by atoms with E-state index in [9.17, 15) is 9.18 Å². The fourth-order valence-electron chi connectivity index (χ4n) is 1.78. The minimum absolute atomic E-state index is 0.0206. The quantitative estimate of drug-likeness (QED) is 0.850. The molecule has 1 atom stereocenters. The molecule has 0 bridgehead atoms. The minimum atomic E-state index is -0.600. The molecule has 0 radical (unpaired) electrons. The van der Waals surface area contributed by atoms with Gasteiger partial charge in [-0.3, -0.25) is 4.79 Å². The summed E-state index contributed by atoms with van der Waals surface area (Å²) in [5.41, 5.74) is 6.55. The zero-order valence-corrected chi connectivity index (χ0v) is 11.6. The van der Waals surface area contributed by atoms with E-state index < -0.39 is 5.82 Å². The minimum Gasteiger partial charge on any atom is -0.396 e. The first-order valence-electron chi connectivity index (χ1n) is 6.08. The van der Waals surface area contributed by atoms with Crippen LogP contribution >= 0.6 is 11.6 Å². The first-order chi connectivity index (χ1) is 9.47. The number of carbonyl (C=O) groups is 1. The van der Waals surface area contributed by atoms with Gasteiger partial charge in [0.2, 0.25) is 0 Å². The molecule has 20 heavy (non-hydrogen) atoms. The van der Waals surface area contributed by atoms with Crippen LogP contribution in [-0.2, 0) is 0 Å².